The van der Waals surface area contributed by atoms with Gasteiger partial charge in [0.2, 0.25) is 0 Å². The molecule has 6 nitrogen and oxygen atoms in total. The van der Waals surface area contributed by atoms with Gasteiger partial charge in [-0.15, -0.1) is 10.2 Å². The summed E-state index contributed by atoms with van der Waals surface area (Å²) >= 11 is 6.03. The molecule has 0 saturated heterocycles. The summed E-state index contributed by atoms with van der Waals surface area (Å²) < 4.78 is 2.20. The van der Waals surface area contributed by atoms with E-state index in [-0.39, 0.29) is 6.04 Å². The van der Waals surface area contributed by atoms with Crippen molar-refractivity contribution >= 4 is 22.5 Å². The minimum Gasteiger partial charge on any atom is -0.302 e. The molecule has 0 fully saturated rings. The lowest BCUT2D eigenvalue weighted by Crippen LogP contribution is -2.08. The van der Waals surface area contributed by atoms with E-state index in [4.69, 9.17) is 11.6 Å². The molecule has 3 aromatic heterocycles. The number of hydrogen-bond acceptors (Lipinski definition) is 4. The maximum absolute atomic E-state index is 6.03. The highest BCUT2D eigenvalue weighted by atomic mass is 35.5. The van der Waals surface area contributed by atoms with E-state index in [1.54, 1.807) is 6.20 Å². The molecule has 1 aliphatic rings. The van der Waals surface area contributed by atoms with E-state index in [0.29, 0.717) is 0 Å². The molecule has 0 radical (unpaired) electrons. The van der Waals surface area contributed by atoms with Crippen molar-refractivity contribution in [3.63, 3.8) is 0 Å². The third-order valence-corrected chi connectivity index (χ3v) is 5.09. The highest BCUT2D eigenvalue weighted by molar-refractivity contribution is 6.30. The fourth-order valence-electron chi connectivity index (χ4n) is 3.56. The van der Waals surface area contributed by atoms with Gasteiger partial charge in [0.1, 0.15) is 11.5 Å². The number of fused-ring (bicyclic) bond motifs is 2. The van der Waals surface area contributed by atoms with Gasteiger partial charge in [0.05, 0.1) is 23.4 Å². The fraction of sp³-hybridized carbons (Fsp3) is 0.222. The summed E-state index contributed by atoms with van der Waals surface area (Å²) in [4.78, 5) is 4.57. The van der Waals surface area contributed by atoms with Gasteiger partial charge in [-0.2, -0.15) is 5.10 Å². The van der Waals surface area contributed by atoms with Crippen LogP contribution in [0.25, 0.3) is 22.4 Å². The van der Waals surface area contributed by atoms with Crippen LogP contribution in [-0.2, 0) is 6.42 Å². The van der Waals surface area contributed by atoms with Crippen molar-refractivity contribution in [2.24, 2.45) is 0 Å². The lowest BCUT2D eigenvalue weighted by molar-refractivity contribution is 0.621. The van der Waals surface area contributed by atoms with Crippen LogP contribution in [0.4, 0.5) is 0 Å². The van der Waals surface area contributed by atoms with Gasteiger partial charge in [-0.1, -0.05) is 23.7 Å². The summed E-state index contributed by atoms with van der Waals surface area (Å²) in [7, 11) is 0. The van der Waals surface area contributed by atoms with E-state index >= 15 is 0 Å². The predicted octanol–water partition coefficient (Wildman–Crippen LogP) is 3.71. The zero-order valence-corrected chi connectivity index (χ0v) is 14.3. The highest BCUT2D eigenvalue weighted by Crippen LogP contribution is 2.35. The number of nitrogens with zero attached hydrogens (tertiary/aromatic N) is 5. The number of aryl methyl sites for hydroxylation is 2. The summed E-state index contributed by atoms with van der Waals surface area (Å²) in [5, 5.41) is 17.8. The SMILES string of the molecule is Cc1n[nH]c2cnc(-c3nnc4n3C(c3ccc(Cl)cc3)CC4)cc12. The Morgan fingerprint density at radius 1 is 1.20 bits per heavy atom. The zero-order valence-electron chi connectivity index (χ0n) is 13.6. The number of halogens is 1. The normalized spacial score (nSPS) is 16.5. The van der Waals surface area contributed by atoms with Crippen molar-refractivity contribution in [3.05, 3.63) is 58.6 Å². The van der Waals surface area contributed by atoms with Crippen LogP contribution >= 0.6 is 11.6 Å². The van der Waals surface area contributed by atoms with E-state index in [1.165, 1.54) is 5.56 Å². The standard InChI is InChI=1S/C18H15ClN6/c1-10-13-8-14(20-9-15(13)22-21-10)18-24-23-17-7-6-16(25(17)18)11-2-4-12(19)5-3-11/h2-5,8-9,16H,6-7H2,1H3,(H,21,22). The van der Waals surface area contributed by atoms with E-state index in [9.17, 15) is 0 Å². The lowest BCUT2D eigenvalue weighted by Gasteiger charge is -2.15. The molecule has 7 heteroatoms. The Kier molecular flexibility index (Phi) is 3.15. The van der Waals surface area contributed by atoms with Crippen LogP contribution in [0.2, 0.25) is 5.02 Å². The Morgan fingerprint density at radius 3 is 2.88 bits per heavy atom. The Morgan fingerprint density at radius 2 is 2.04 bits per heavy atom. The van der Waals surface area contributed by atoms with Crippen LogP contribution in [0.5, 0.6) is 0 Å². The van der Waals surface area contributed by atoms with Crippen LogP contribution in [-0.4, -0.2) is 29.9 Å². The molecule has 5 rings (SSSR count). The number of benzene rings is 1. The van der Waals surface area contributed by atoms with Gasteiger partial charge in [-0.25, -0.2) is 0 Å². The molecule has 1 aromatic carbocycles. The van der Waals surface area contributed by atoms with Crippen molar-refractivity contribution in [2.45, 2.75) is 25.8 Å². The molecule has 1 N–H and O–H groups in total. The Bertz CT molecular complexity index is 1080. The second-order valence-electron chi connectivity index (χ2n) is 6.34. The maximum atomic E-state index is 6.03. The molecule has 1 aliphatic heterocycles. The smallest absolute Gasteiger partial charge is 0.183 e. The predicted molar refractivity (Wildman–Crippen MR) is 95.6 cm³/mol. The van der Waals surface area contributed by atoms with E-state index < -0.39 is 0 Å². The van der Waals surface area contributed by atoms with Gasteiger partial charge >= 0.3 is 0 Å². The molecule has 25 heavy (non-hydrogen) atoms. The van der Waals surface area contributed by atoms with Gasteiger partial charge in [0.25, 0.3) is 0 Å². The van der Waals surface area contributed by atoms with E-state index in [1.807, 2.05) is 25.1 Å². The number of aromatic amines is 1. The first-order valence-corrected chi connectivity index (χ1v) is 8.59. The monoisotopic (exact) mass is 350 g/mol. The Labute approximate surface area is 148 Å². The first-order chi connectivity index (χ1) is 12.2. The van der Waals surface area contributed by atoms with E-state index in [0.717, 1.165) is 51.8 Å². The molecule has 4 aromatic rings. The van der Waals surface area contributed by atoms with Crippen LogP contribution < -0.4 is 0 Å². The van der Waals surface area contributed by atoms with Crippen molar-refractivity contribution in [3.8, 4) is 11.5 Å². The summed E-state index contributed by atoms with van der Waals surface area (Å²) in [6.07, 6.45) is 3.72. The van der Waals surface area contributed by atoms with Crippen LogP contribution in [0.15, 0.2) is 36.5 Å². The Balaban J connectivity index is 1.64. The molecule has 0 aliphatic carbocycles. The van der Waals surface area contributed by atoms with Gasteiger partial charge in [-0.3, -0.25) is 10.1 Å². The second-order valence-corrected chi connectivity index (χ2v) is 6.78. The Hall–Kier alpha value is -2.73. The van der Waals surface area contributed by atoms with Crippen molar-refractivity contribution < 1.29 is 0 Å². The fourth-order valence-corrected chi connectivity index (χ4v) is 3.69. The molecule has 124 valence electrons. The average molecular weight is 351 g/mol. The zero-order chi connectivity index (χ0) is 17.0. The molecule has 1 unspecified atom stereocenters. The number of hydrogen-bond donors (Lipinski definition) is 1. The van der Waals surface area contributed by atoms with Crippen LogP contribution in [0.3, 0.4) is 0 Å². The van der Waals surface area contributed by atoms with Gasteiger partial charge < -0.3 is 4.57 Å². The number of rotatable bonds is 2. The second kappa shape index (κ2) is 5.39. The van der Waals surface area contributed by atoms with Crippen molar-refractivity contribution in [2.75, 3.05) is 0 Å². The van der Waals surface area contributed by atoms with Crippen LogP contribution in [0.1, 0.15) is 29.5 Å². The number of H-pyrrole nitrogens is 1. The quantitative estimate of drug-likeness (QED) is 0.598. The first-order valence-electron chi connectivity index (χ1n) is 8.21. The van der Waals surface area contributed by atoms with Gasteiger partial charge in [0.15, 0.2) is 5.82 Å². The van der Waals surface area contributed by atoms with Crippen molar-refractivity contribution in [1.82, 2.24) is 29.9 Å². The number of pyridine rings is 1. The topological polar surface area (TPSA) is 72.3 Å². The number of nitrogens with one attached hydrogen (secondary N) is 1. The summed E-state index contributed by atoms with van der Waals surface area (Å²) in [6, 6.07) is 10.2. The molecule has 0 bridgehead atoms. The minimum atomic E-state index is 0.209. The first kappa shape index (κ1) is 14.6. The maximum Gasteiger partial charge on any atom is 0.183 e. The van der Waals surface area contributed by atoms with Crippen molar-refractivity contribution in [1.29, 1.82) is 0 Å². The molecule has 0 saturated carbocycles. The third kappa shape index (κ3) is 2.25. The summed E-state index contributed by atoms with van der Waals surface area (Å²) in [6.45, 7) is 1.98. The van der Waals surface area contributed by atoms with Gasteiger partial charge in [-0.05, 0) is 37.1 Å². The summed E-state index contributed by atoms with van der Waals surface area (Å²) in [5.74, 6) is 1.80. The van der Waals surface area contributed by atoms with Crippen LogP contribution in [0, 0.1) is 6.92 Å². The molecule has 4 heterocycles. The number of aromatic nitrogens is 6. The van der Waals surface area contributed by atoms with E-state index in [2.05, 4.69) is 42.1 Å². The average Bonchev–Trinajstić information content (AvgIpc) is 3.31. The molecule has 1 atom stereocenters. The van der Waals surface area contributed by atoms with Gasteiger partial charge in [0, 0.05) is 16.8 Å². The summed E-state index contributed by atoms with van der Waals surface area (Å²) in [5.41, 5.74) is 3.91. The molecule has 0 spiro atoms. The largest absolute Gasteiger partial charge is 0.302 e. The molecule has 0 amide bonds. The molecular weight excluding hydrogens is 336 g/mol. The molecular formula is C18H15ClN6. The lowest BCUT2D eigenvalue weighted by atomic mass is 10.0. The third-order valence-electron chi connectivity index (χ3n) is 4.84. The highest BCUT2D eigenvalue weighted by Gasteiger charge is 2.29. The minimum absolute atomic E-state index is 0.209.